The van der Waals surface area contributed by atoms with Crippen molar-refractivity contribution in [1.82, 2.24) is 15.5 Å². The molecule has 2 rings (SSSR count). The van der Waals surface area contributed by atoms with E-state index in [0.29, 0.717) is 24.8 Å². The van der Waals surface area contributed by atoms with Crippen molar-refractivity contribution in [2.75, 3.05) is 6.54 Å². The molecule has 0 aliphatic heterocycles. The number of nitrogens with zero attached hydrogens (tertiary/aromatic N) is 2. The summed E-state index contributed by atoms with van der Waals surface area (Å²) in [7, 11) is 0. The summed E-state index contributed by atoms with van der Waals surface area (Å²) in [5, 5.41) is 16.5. The molecule has 21 heavy (non-hydrogen) atoms. The molecule has 1 fully saturated rings. The second kappa shape index (κ2) is 6.56. The minimum absolute atomic E-state index is 0.125. The van der Waals surface area contributed by atoms with Crippen molar-refractivity contribution in [1.29, 1.82) is 0 Å². The summed E-state index contributed by atoms with van der Waals surface area (Å²) in [6.45, 7) is 7.29. The molecule has 2 unspecified atom stereocenters. The van der Waals surface area contributed by atoms with Gasteiger partial charge in [-0.15, -0.1) is 0 Å². The minimum Gasteiger partial charge on any atom is -0.481 e. The third-order valence-electron chi connectivity index (χ3n) is 4.05. The maximum Gasteiger partial charge on any atom is 0.306 e. The van der Waals surface area contributed by atoms with Crippen LogP contribution in [-0.2, 0) is 16.8 Å². The van der Waals surface area contributed by atoms with Gasteiger partial charge < -0.3 is 14.9 Å². The fourth-order valence-electron chi connectivity index (χ4n) is 2.77. The number of hydrogen-bond acceptors (Lipinski definition) is 5. The Morgan fingerprint density at radius 3 is 2.71 bits per heavy atom. The van der Waals surface area contributed by atoms with Crippen LogP contribution >= 0.6 is 0 Å². The number of carboxylic acids is 1. The molecular formula is C15H25N3O3. The fourth-order valence-corrected chi connectivity index (χ4v) is 2.77. The summed E-state index contributed by atoms with van der Waals surface area (Å²) in [6, 6.07) is 0. The first-order chi connectivity index (χ1) is 9.88. The number of nitrogens with one attached hydrogen (secondary N) is 1. The van der Waals surface area contributed by atoms with Gasteiger partial charge in [-0.1, -0.05) is 38.8 Å². The van der Waals surface area contributed by atoms with E-state index in [4.69, 9.17) is 4.52 Å². The van der Waals surface area contributed by atoms with Gasteiger partial charge in [-0.05, 0) is 25.3 Å². The molecule has 1 aromatic heterocycles. The van der Waals surface area contributed by atoms with Crippen LogP contribution in [-0.4, -0.2) is 27.8 Å². The molecule has 0 radical (unpaired) electrons. The van der Waals surface area contributed by atoms with Crippen LogP contribution < -0.4 is 5.32 Å². The van der Waals surface area contributed by atoms with Gasteiger partial charge in [-0.25, -0.2) is 0 Å². The van der Waals surface area contributed by atoms with Crippen molar-refractivity contribution in [3.8, 4) is 0 Å². The van der Waals surface area contributed by atoms with Crippen molar-refractivity contribution in [3.63, 3.8) is 0 Å². The molecule has 1 saturated carbocycles. The van der Waals surface area contributed by atoms with E-state index in [1.165, 1.54) is 0 Å². The quantitative estimate of drug-likeness (QED) is 0.867. The third-order valence-corrected chi connectivity index (χ3v) is 4.05. The zero-order chi connectivity index (χ0) is 15.5. The Bertz CT molecular complexity index is 479. The van der Waals surface area contributed by atoms with Crippen molar-refractivity contribution in [2.24, 2.45) is 11.8 Å². The van der Waals surface area contributed by atoms with Crippen molar-refractivity contribution in [2.45, 2.75) is 58.4 Å². The highest BCUT2D eigenvalue weighted by Gasteiger charge is 2.30. The van der Waals surface area contributed by atoms with E-state index in [9.17, 15) is 9.90 Å². The predicted molar refractivity (Wildman–Crippen MR) is 77.8 cm³/mol. The summed E-state index contributed by atoms with van der Waals surface area (Å²) in [5.74, 6) is 0.553. The lowest BCUT2D eigenvalue weighted by Gasteiger charge is -2.28. The van der Waals surface area contributed by atoms with Gasteiger partial charge in [0.05, 0.1) is 12.5 Å². The number of aliphatic carboxylic acids is 1. The van der Waals surface area contributed by atoms with Gasteiger partial charge in [0.15, 0.2) is 5.82 Å². The molecule has 2 N–H and O–H groups in total. The molecule has 2 atom stereocenters. The average molecular weight is 295 g/mol. The highest BCUT2D eigenvalue weighted by atomic mass is 16.5. The van der Waals surface area contributed by atoms with E-state index in [0.717, 1.165) is 25.7 Å². The topological polar surface area (TPSA) is 88.2 Å². The predicted octanol–water partition coefficient (Wildman–Crippen LogP) is 2.35. The number of carbonyl (C=O) groups is 1. The molecule has 1 aliphatic carbocycles. The molecule has 0 spiro atoms. The van der Waals surface area contributed by atoms with E-state index >= 15 is 0 Å². The van der Waals surface area contributed by atoms with Crippen molar-refractivity contribution in [3.05, 3.63) is 11.7 Å². The van der Waals surface area contributed by atoms with Crippen LogP contribution in [0.2, 0.25) is 0 Å². The monoisotopic (exact) mass is 295 g/mol. The lowest BCUT2D eigenvalue weighted by atomic mass is 9.79. The lowest BCUT2D eigenvalue weighted by molar-refractivity contribution is -0.144. The highest BCUT2D eigenvalue weighted by molar-refractivity contribution is 5.70. The molecule has 6 heteroatoms. The van der Waals surface area contributed by atoms with Crippen LogP contribution in [0.15, 0.2) is 4.52 Å². The van der Waals surface area contributed by atoms with Gasteiger partial charge >= 0.3 is 5.97 Å². The van der Waals surface area contributed by atoms with Gasteiger partial charge in [0.1, 0.15) is 0 Å². The van der Waals surface area contributed by atoms with Gasteiger partial charge in [0.2, 0.25) is 5.89 Å². The first-order valence-electron chi connectivity index (χ1n) is 7.64. The molecule has 0 aromatic carbocycles. The Morgan fingerprint density at radius 2 is 2.10 bits per heavy atom. The Kier molecular flexibility index (Phi) is 4.98. The van der Waals surface area contributed by atoms with E-state index in [1.807, 2.05) is 20.8 Å². The number of hydrogen-bond donors (Lipinski definition) is 2. The fraction of sp³-hybridized carbons (Fsp3) is 0.800. The van der Waals surface area contributed by atoms with Crippen molar-refractivity contribution >= 4 is 5.97 Å². The van der Waals surface area contributed by atoms with Crippen LogP contribution in [0.1, 0.15) is 58.2 Å². The van der Waals surface area contributed by atoms with E-state index in [-0.39, 0.29) is 17.3 Å². The molecular weight excluding hydrogens is 270 g/mol. The SMILES string of the molecule is CC(C)(C)c1noc(CNCC2CCCCC2C(=O)O)n1. The van der Waals surface area contributed by atoms with Gasteiger partial charge in [-0.3, -0.25) is 4.79 Å². The van der Waals surface area contributed by atoms with Crippen LogP contribution in [0.25, 0.3) is 0 Å². The Morgan fingerprint density at radius 1 is 1.38 bits per heavy atom. The first kappa shape index (κ1) is 15.9. The van der Waals surface area contributed by atoms with Crippen LogP contribution in [0.5, 0.6) is 0 Å². The Balaban J connectivity index is 1.83. The van der Waals surface area contributed by atoms with E-state index < -0.39 is 5.97 Å². The van der Waals surface area contributed by atoms with E-state index in [1.54, 1.807) is 0 Å². The minimum atomic E-state index is -0.672. The smallest absolute Gasteiger partial charge is 0.306 e. The molecule has 118 valence electrons. The van der Waals surface area contributed by atoms with Crippen LogP contribution in [0, 0.1) is 11.8 Å². The molecule has 0 saturated heterocycles. The Hall–Kier alpha value is -1.43. The molecule has 0 amide bonds. The number of rotatable bonds is 5. The Labute approximate surface area is 125 Å². The third kappa shape index (κ3) is 4.27. The highest BCUT2D eigenvalue weighted by Crippen LogP contribution is 2.29. The average Bonchev–Trinajstić information content (AvgIpc) is 2.88. The van der Waals surface area contributed by atoms with Crippen LogP contribution in [0.4, 0.5) is 0 Å². The van der Waals surface area contributed by atoms with E-state index in [2.05, 4.69) is 15.5 Å². The molecule has 1 aliphatic rings. The van der Waals surface area contributed by atoms with Gasteiger partial charge in [-0.2, -0.15) is 4.98 Å². The zero-order valence-electron chi connectivity index (χ0n) is 13.1. The lowest BCUT2D eigenvalue weighted by Crippen LogP contribution is -2.34. The summed E-state index contributed by atoms with van der Waals surface area (Å²) in [4.78, 5) is 15.6. The summed E-state index contributed by atoms with van der Waals surface area (Å²) >= 11 is 0. The second-order valence-electron chi connectivity index (χ2n) is 6.88. The molecule has 6 nitrogen and oxygen atoms in total. The zero-order valence-corrected chi connectivity index (χ0v) is 13.1. The number of carboxylic acid groups (broad SMARTS) is 1. The first-order valence-corrected chi connectivity index (χ1v) is 7.64. The molecule has 0 bridgehead atoms. The molecule has 1 aromatic rings. The van der Waals surface area contributed by atoms with Gasteiger partial charge in [0, 0.05) is 5.41 Å². The summed E-state index contributed by atoms with van der Waals surface area (Å²) in [5.41, 5.74) is -0.125. The van der Waals surface area contributed by atoms with Gasteiger partial charge in [0.25, 0.3) is 0 Å². The summed E-state index contributed by atoms with van der Waals surface area (Å²) in [6.07, 6.45) is 3.90. The number of aromatic nitrogens is 2. The van der Waals surface area contributed by atoms with Crippen LogP contribution in [0.3, 0.4) is 0 Å². The normalized spacial score (nSPS) is 23.2. The standard InChI is InChI=1S/C15H25N3O3/c1-15(2,3)14-17-12(21-18-14)9-16-8-10-6-4-5-7-11(10)13(19)20/h10-11,16H,4-9H2,1-3H3,(H,19,20). The summed E-state index contributed by atoms with van der Waals surface area (Å²) < 4.78 is 5.21. The molecule has 1 heterocycles. The maximum absolute atomic E-state index is 11.2. The largest absolute Gasteiger partial charge is 0.481 e. The maximum atomic E-state index is 11.2. The second-order valence-corrected chi connectivity index (χ2v) is 6.88. The van der Waals surface area contributed by atoms with Crippen molar-refractivity contribution < 1.29 is 14.4 Å².